The van der Waals surface area contributed by atoms with E-state index in [1.54, 1.807) is 0 Å². The molecule has 0 spiro atoms. The minimum atomic E-state index is -0.666. The second kappa shape index (κ2) is 7.70. The first-order valence-electron chi connectivity index (χ1n) is 7.04. The highest BCUT2D eigenvalue weighted by Gasteiger charge is 2.22. The Labute approximate surface area is 117 Å². The summed E-state index contributed by atoms with van der Waals surface area (Å²) in [5.74, 6) is 0. The largest absolute Gasteiger partial charge is 0.444 e. The van der Waals surface area contributed by atoms with Crippen LogP contribution in [-0.2, 0) is 4.74 Å². The second-order valence-corrected chi connectivity index (χ2v) is 6.10. The number of hydrogen-bond donors (Lipinski definition) is 3. The van der Waals surface area contributed by atoms with E-state index in [0.29, 0.717) is 25.9 Å². The van der Waals surface area contributed by atoms with Crippen molar-refractivity contribution in [2.45, 2.75) is 71.6 Å². The van der Waals surface area contributed by atoms with Crippen molar-refractivity contribution in [3.8, 4) is 0 Å². The lowest BCUT2D eigenvalue weighted by Crippen LogP contribution is -2.47. The van der Waals surface area contributed by atoms with E-state index in [0.717, 1.165) is 0 Å². The molecule has 0 aliphatic carbocycles. The van der Waals surface area contributed by atoms with E-state index in [4.69, 9.17) is 4.74 Å². The van der Waals surface area contributed by atoms with Crippen LogP contribution in [0.15, 0.2) is 0 Å². The molecule has 0 heterocycles. The lowest BCUT2D eigenvalue weighted by molar-refractivity contribution is 0.0300. The van der Waals surface area contributed by atoms with Crippen LogP contribution in [0.3, 0.4) is 0 Å². The fourth-order valence-corrected chi connectivity index (χ4v) is 1.49. The standard InChI is InChI=1S/C14H30N2O3/c1-7-14(18,8-2)10-16-11(3)9-15-12(17)19-13(4,5)6/h11,16,18H,7-10H2,1-6H3,(H,15,17). The van der Waals surface area contributed by atoms with Gasteiger partial charge in [0, 0.05) is 19.1 Å². The zero-order chi connectivity index (χ0) is 15.1. The maximum absolute atomic E-state index is 11.5. The number of ether oxygens (including phenoxy) is 1. The van der Waals surface area contributed by atoms with E-state index in [2.05, 4.69) is 10.6 Å². The molecule has 0 aliphatic heterocycles. The third kappa shape index (κ3) is 8.83. The molecule has 114 valence electrons. The molecule has 0 fully saturated rings. The molecule has 0 bridgehead atoms. The number of amides is 1. The zero-order valence-corrected chi connectivity index (χ0v) is 13.2. The average molecular weight is 274 g/mol. The van der Waals surface area contributed by atoms with Crippen molar-refractivity contribution in [3.05, 3.63) is 0 Å². The van der Waals surface area contributed by atoms with Crippen molar-refractivity contribution in [2.75, 3.05) is 13.1 Å². The summed E-state index contributed by atoms with van der Waals surface area (Å²) in [7, 11) is 0. The van der Waals surface area contributed by atoms with Gasteiger partial charge in [0.2, 0.25) is 0 Å². The molecule has 0 rings (SSSR count). The summed E-state index contributed by atoms with van der Waals surface area (Å²) in [6.07, 6.45) is 1.01. The molecule has 0 saturated heterocycles. The summed E-state index contributed by atoms with van der Waals surface area (Å²) in [5, 5.41) is 16.1. The predicted octanol–water partition coefficient (Wildman–Crippen LogP) is 2.04. The highest BCUT2D eigenvalue weighted by Crippen LogP contribution is 2.13. The van der Waals surface area contributed by atoms with Crippen LogP contribution in [0.2, 0.25) is 0 Å². The Morgan fingerprint density at radius 3 is 2.21 bits per heavy atom. The van der Waals surface area contributed by atoms with E-state index < -0.39 is 17.3 Å². The molecule has 3 N–H and O–H groups in total. The summed E-state index contributed by atoms with van der Waals surface area (Å²) >= 11 is 0. The summed E-state index contributed by atoms with van der Waals surface area (Å²) in [6, 6.07) is 0.0807. The highest BCUT2D eigenvalue weighted by atomic mass is 16.6. The molecule has 0 aliphatic rings. The first kappa shape index (κ1) is 18.2. The van der Waals surface area contributed by atoms with Crippen LogP contribution in [0.5, 0.6) is 0 Å². The van der Waals surface area contributed by atoms with Crippen molar-refractivity contribution in [1.82, 2.24) is 10.6 Å². The monoisotopic (exact) mass is 274 g/mol. The first-order valence-corrected chi connectivity index (χ1v) is 7.04. The second-order valence-electron chi connectivity index (χ2n) is 6.10. The van der Waals surface area contributed by atoms with Gasteiger partial charge in [-0.2, -0.15) is 0 Å². The van der Waals surface area contributed by atoms with Crippen LogP contribution in [-0.4, -0.2) is 41.5 Å². The Balaban J connectivity index is 3.94. The van der Waals surface area contributed by atoms with Gasteiger partial charge in [-0.1, -0.05) is 13.8 Å². The lowest BCUT2D eigenvalue weighted by atomic mass is 9.97. The fraction of sp³-hybridized carbons (Fsp3) is 0.929. The van der Waals surface area contributed by atoms with Gasteiger partial charge in [-0.25, -0.2) is 4.79 Å². The van der Waals surface area contributed by atoms with Crippen molar-refractivity contribution in [3.63, 3.8) is 0 Å². The van der Waals surface area contributed by atoms with Gasteiger partial charge in [-0.3, -0.25) is 0 Å². The van der Waals surface area contributed by atoms with Crippen molar-refractivity contribution in [2.24, 2.45) is 0 Å². The van der Waals surface area contributed by atoms with E-state index in [-0.39, 0.29) is 6.04 Å². The summed E-state index contributed by atoms with van der Waals surface area (Å²) in [6.45, 7) is 12.4. The van der Waals surface area contributed by atoms with Gasteiger partial charge in [-0.15, -0.1) is 0 Å². The van der Waals surface area contributed by atoms with E-state index in [1.165, 1.54) is 0 Å². The molecular weight excluding hydrogens is 244 g/mol. The van der Waals surface area contributed by atoms with Gasteiger partial charge in [0.25, 0.3) is 0 Å². The van der Waals surface area contributed by atoms with Gasteiger partial charge in [0.15, 0.2) is 0 Å². The summed E-state index contributed by atoms with van der Waals surface area (Å²) in [5.41, 5.74) is -1.15. The maximum Gasteiger partial charge on any atom is 0.407 e. The van der Waals surface area contributed by atoms with Crippen molar-refractivity contribution in [1.29, 1.82) is 0 Å². The molecule has 0 aromatic heterocycles. The Kier molecular flexibility index (Phi) is 7.37. The molecule has 0 aromatic carbocycles. The molecule has 1 atom stereocenters. The Hall–Kier alpha value is -0.810. The Morgan fingerprint density at radius 2 is 1.79 bits per heavy atom. The van der Waals surface area contributed by atoms with Gasteiger partial charge >= 0.3 is 6.09 Å². The molecule has 0 saturated carbocycles. The number of aliphatic hydroxyl groups is 1. The topological polar surface area (TPSA) is 70.6 Å². The minimum Gasteiger partial charge on any atom is -0.444 e. The van der Waals surface area contributed by atoms with Crippen molar-refractivity contribution >= 4 is 6.09 Å². The van der Waals surface area contributed by atoms with Gasteiger partial charge in [-0.05, 0) is 40.5 Å². The number of nitrogens with one attached hydrogen (secondary N) is 2. The van der Waals surface area contributed by atoms with Gasteiger partial charge in [0.1, 0.15) is 5.60 Å². The molecule has 19 heavy (non-hydrogen) atoms. The minimum absolute atomic E-state index is 0.0807. The predicted molar refractivity (Wildman–Crippen MR) is 77.2 cm³/mol. The molecular formula is C14H30N2O3. The van der Waals surface area contributed by atoms with Crippen LogP contribution in [0, 0.1) is 0 Å². The Morgan fingerprint density at radius 1 is 1.26 bits per heavy atom. The number of carbonyl (C=O) groups excluding carboxylic acids is 1. The average Bonchev–Trinajstić information content (AvgIpc) is 2.31. The Bertz CT molecular complexity index is 270. The molecule has 5 nitrogen and oxygen atoms in total. The van der Waals surface area contributed by atoms with E-state index >= 15 is 0 Å². The summed E-state index contributed by atoms with van der Waals surface area (Å²) < 4.78 is 5.15. The fourth-order valence-electron chi connectivity index (χ4n) is 1.49. The number of rotatable bonds is 7. The number of hydrogen-bond acceptors (Lipinski definition) is 4. The van der Waals surface area contributed by atoms with Gasteiger partial charge in [0.05, 0.1) is 5.60 Å². The van der Waals surface area contributed by atoms with Crippen LogP contribution in [0.4, 0.5) is 4.79 Å². The number of carbonyl (C=O) groups is 1. The smallest absolute Gasteiger partial charge is 0.407 e. The van der Waals surface area contributed by atoms with Crippen LogP contribution in [0.1, 0.15) is 54.4 Å². The van der Waals surface area contributed by atoms with Crippen LogP contribution in [0.25, 0.3) is 0 Å². The molecule has 1 amide bonds. The third-order valence-electron chi connectivity index (χ3n) is 3.05. The third-order valence-corrected chi connectivity index (χ3v) is 3.05. The number of alkyl carbamates (subject to hydrolysis) is 1. The quantitative estimate of drug-likeness (QED) is 0.664. The molecule has 5 heteroatoms. The lowest BCUT2D eigenvalue weighted by Gasteiger charge is -2.28. The van der Waals surface area contributed by atoms with E-state index in [9.17, 15) is 9.90 Å². The molecule has 0 aromatic rings. The van der Waals surface area contributed by atoms with E-state index in [1.807, 2.05) is 41.5 Å². The summed E-state index contributed by atoms with van der Waals surface area (Å²) in [4.78, 5) is 11.5. The van der Waals surface area contributed by atoms with Crippen LogP contribution >= 0.6 is 0 Å². The van der Waals surface area contributed by atoms with Crippen molar-refractivity contribution < 1.29 is 14.6 Å². The normalized spacial score (nSPS) is 14.1. The molecule has 1 unspecified atom stereocenters. The van der Waals surface area contributed by atoms with Gasteiger partial charge < -0.3 is 20.5 Å². The highest BCUT2D eigenvalue weighted by molar-refractivity contribution is 5.67. The first-order chi connectivity index (χ1) is 8.62. The molecule has 0 radical (unpaired) electrons. The SMILES string of the molecule is CCC(O)(CC)CNC(C)CNC(=O)OC(C)(C)C. The zero-order valence-electron chi connectivity index (χ0n) is 13.2. The maximum atomic E-state index is 11.5. The van der Waals surface area contributed by atoms with Crippen LogP contribution < -0.4 is 10.6 Å².